The zero-order valence-corrected chi connectivity index (χ0v) is 17.3. The Hall–Kier alpha value is -2.72. The minimum Gasteiger partial charge on any atom is -0.466 e. The summed E-state index contributed by atoms with van der Waals surface area (Å²) in [6.07, 6.45) is 0.728. The third-order valence-electron chi connectivity index (χ3n) is 6.62. The van der Waals surface area contributed by atoms with Crippen LogP contribution in [0.4, 0.5) is 0 Å². The summed E-state index contributed by atoms with van der Waals surface area (Å²) in [7, 11) is 0. The first-order valence-electron chi connectivity index (χ1n) is 9.96. The number of ketones is 2. The lowest BCUT2D eigenvalue weighted by atomic mass is 9.65. The molecule has 150 valence electrons. The van der Waals surface area contributed by atoms with Crippen LogP contribution >= 0.6 is 0 Å². The smallest absolute Gasteiger partial charge is 0.221 e. The average molecular weight is 390 g/mol. The van der Waals surface area contributed by atoms with E-state index < -0.39 is 16.8 Å². The van der Waals surface area contributed by atoms with Crippen LogP contribution in [0.15, 0.2) is 72.0 Å². The summed E-state index contributed by atoms with van der Waals surface area (Å²) in [4.78, 5) is 25.4. The molecule has 1 fully saturated rings. The fourth-order valence-corrected chi connectivity index (χ4v) is 5.02. The van der Waals surface area contributed by atoms with Gasteiger partial charge in [-0.05, 0) is 38.3 Å². The second kappa shape index (κ2) is 6.67. The Labute approximate surface area is 171 Å². The first-order valence-corrected chi connectivity index (χ1v) is 9.96. The number of ether oxygens (including phenoxy) is 2. The van der Waals surface area contributed by atoms with Gasteiger partial charge in [-0.3, -0.25) is 9.59 Å². The number of carbonyl (C=O) groups excluding carboxylic acids is 2. The van der Waals surface area contributed by atoms with Crippen molar-refractivity contribution >= 4 is 11.6 Å². The van der Waals surface area contributed by atoms with Gasteiger partial charge in [0.1, 0.15) is 22.6 Å². The molecule has 2 unspecified atom stereocenters. The molecule has 2 aliphatic rings. The van der Waals surface area contributed by atoms with Gasteiger partial charge in [0, 0.05) is 18.9 Å². The van der Waals surface area contributed by atoms with Gasteiger partial charge in [0.25, 0.3) is 0 Å². The van der Waals surface area contributed by atoms with Crippen LogP contribution in [0.25, 0.3) is 0 Å². The number of hydrogen-bond acceptors (Lipinski definition) is 4. The quantitative estimate of drug-likeness (QED) is 0.743. The minimum absolute atomic E-state index is 0.0278. The van der Waals surface area contributed by atoms with E-state index in [1.54, 1.807) is 13.8 Å². The highest BCUT2D eigenvalue weighted by Gasteiger charge is 2.69. The van der Waals surface area contributed by atoms with E-state index in [0.717, 1.165) is 11.1 Å². The molecule has 0 amide bonds. The molecule has 29 heavy (non-hydrogen) atoms. The Balaban J connectivity index is 1.95. The van der Waals surface area contributed by atoms with Gasteiger partial charge in [0.15, 0.2) is 5.78 Å². The van der Waals surface area contributed by atoms with Crippen molar-refractivity contribution in [3.63, 3.8) is 0 Å². The van der Waals surface area contributed by atoms with Gasteiger partial charge < -0.3 is 9.47 Å². The average Bonchev–Trinajstić information content (AvgIpc) is 2.99. The van der Waals surface area contributed by atoms with E-state index in [1.165, 1.54) is 6.92 Å². The second-order valence-corrected chi connectivity index (χ2v) is 8.29. The maximum Gasteiger partial charge on any atom is 0.221 e. The molecule has 2 aromatic rings. The summed E-state index contributed by atoms with van der Waals surface area (Å²) in [5, 5.41) is 0. The summed E-state index contributed by atoms with van der Waals surface area (Å²) >= 11 is 0. The SMILES string of the molecule is CC(=O)C1=C(C)OC2(C)OC(c3ccccc3)(c3ccccc3)CC2(C(C)=O)C1. The van der Waals surface area contributed by atoms with E-state index in [1.807, 2.05) is 67.6 Å². The van der Waals surface area contributed by atoms with Gasteiger partial charge >= 0.3 is 0 Å². The normalized spacial score (nSPS) is 27.9. The topological polar surface area (TPSA) is 52.6 Å². The Morgan fingerprint density at radius 2 is 1.41 bits per heavy atom. The molecule has 2 aromatic carbocycles. The summed E-state index contributed by atoms with van der Waals surface area (Å²) in [5.41, 5.74) is 0.689. The van der Waals surface area contributed by atoms with Crippen LogP contribution in [0.1, 0.15) is 51.7 Å². The predicted molar refractivity (Wildman–Crippen MR) is 110 cm³/mol. The maximum absolute atomic E-state index is 13.1. The van der Waals surface area contributed by atoms with E-state index in [2.05, 4.69) is 0 Å². The molecule has 4 rings (SSSR count). The van der Waals surface area contributed by atoms with E-state index >= 15 is 0 Å². The number of Topliss-reactive ketones (excluding diaryl/α,β-unsaturated/α-hetero) is 2. The van der Waals surface area contributed by atoms with E-state index in [4.69, 9.17) is 9.47 Å². The van der Waals surface area contributed by atoms with Gasteiger partial charge in [-0.25, -0.2) is 0 Å². The highest BCUT2D eigenvalue weighted by Crippen LogP contribution is 2.63. The third kappa shape index (κ3) is 2.77. The highest BCUT2D eigenvalue weighted by molar-refractivity contribution is 5.96. The molecule has 0 spiro atoms. The van der Waals surface area contributed by atoms with Crippen molar-refractivity contribution in [2.75, 3.05) is 0 Å². The maximum atomic E-state index is 13.1. The predicted octanol–water partition coefficient (Wildman–Crippen LogP) is 4.93. The Morgan fingerprint density at radius 1 is 0.897 bits per heavy atom. The molecule has 0 saturated carbocycles. The number of fused-ring (bicyclic) bond motifs is 1. The molecule has 2 atom stereocenters. The van der Waals surface area contributed by atoms with Crippen LogP contribution in [0.2, 0.25) is 0 Å². The fourth-order valence-electron chi connectivity index (χ4n) is 5.02. The summed E-state index contributed by atoms with van der Waals surface area (Å²) in [5.74, 6) is -0.732. The number of rotatable bonds is 4. The Morgan fingerprint density at radius 3 is 1.86 bits per heavy atom. The lowest BCUT2D eigenvalue weighted by Crippen LogP contribution is -2.52. The number of allylic oxidation sites excluding steroid dienone is 2. The van der Waals surface area contributed by atoms with E-state index in [0.29, 0.717) is 24.2 Å². The minimum atomic E-state index is -1.17. The Bertz CT molecular complexity index is 952. The van der Waals surface area contributed by atoms with Crippen molar-refractivity contribution in [1.29, 1.82) is 0 Å². The molecular weight excluding hydrogens is 364 g/mol. The van der Waals surface area contributed by atoms with Crippen LogP contribution in [0, 0.1) is 5.41 Å². The molecule has 0 radical (unpaired) electrons. The second-order valence-electron chi connectivity index (χ2n) is 8.29. The van der Waals surface area contributed by atoms with Crippen molar-refractivity contribution in [1.82, 2.24) is 0 Å². The summed E-state index contributed by atoms with van der Waals surface area (Å²) < 4.78 is 13.0. The molecule has 4 nitrogen and oxygen atoms in total. The fraction of sp³-hybridized carbons (Fsp3) is 0.360. The molecule has 1 saturated heterocycles. The first-order chi connectivity index (χ1) is 13.7. The zero-order chi connectivity index (χ0) is 20.9. The molecule has 0 bridgehead atoms. The molecule has 2 aliphatic heterocycles. The highest BCUT2D eigenvalue weighted by atomic mass is 16.7. The van der Waals surface area contributed by atoms with Gasteiger partial charge in [0.2, 0.25) is 5.79 Å². The van der Waals surface area contributed by atoms with Crippen molar-refractivity contribution in [3.05, 3.63) is 83.1 Å². The summed E-state index contributed by atoms with van der Waals surface area (Å²) in [6.45, 7) is 6.72. The standard InChI is InChI=1S/C25H26O4/c1-17(26)22-15-24(19(3)27)16-25(20-11-7-5-8-12-20,21-13-9-6-10-14-21)29-23(24,4)28-18(22)2/h5-14H,15-16H2,1-4H3. The van der Waals surface area contributed by atoms with Crippen LogP contribution < -0.4 is 0 Å². The van der Waals surface area contributed by atoms with E-state index in [9.17, 15) is 9.59 Å². The Kier molecular flexibility index (Phi) is 4.50. The van der Waals surface area contributed by atoms with Crippen LogP contribution in [-0.4, -0.2) is 17.4 Å². The largest absolute Gasteiger partial charge is 0.466 e. The number of benzene rings is 2. The number of hydrogen-bond donors (Lipinski definition) is 0. The van der Waals surface area contributed by atoms with Gasteiger partial charge in [-0.2, -0.15) is 0 Å². The monoisotopic (exact) mass is 390 g/mol. The van der Waals surface area contributed by atoms with Gasteiger partial charge in [0.05, 0.1) is 0 Å². The lowest BCUT2D eigenvalue weighted by Gasteiger charge is -2.44. The van der Waals surface area contributed by atoms with Gasteiger partial charge in [-0.1, -0.05) is 60.7 Å². The molecule has 0 aromatic heterocycles. The van der Waals surface area contributed by atoms with Crippen LogP contribution in [0.5, 0.6) is 0 Å². The van der Waals surface area contributed by atoms with Crippen molar-refractivity contribution in [3.8, 4) is 0 Å². The molecule has 0 aliphatic carbocycles. The molecular formula is C25H26O4. The molecule has 0 N–H and O–H groups in total. The van der Waals surface area contributed by atoms with Crippen LogP contribution in [0.3, 0.4) is 0 Å². The van der Waals surface area contributed by atoms with Crippen molar-refractivity contribution in [2.24, 2.45) is 5.41 Å². The third-order valence-corrected chi connectivity index (χ3v) is 6.62. The van der Waals surface area contributed by atoms with Crippen molar-refractivity contribution in [2.45, 2.75) is 51.9 Å². The van der Waals surface area contributed by atoms with Crippen molar-refractivity contribution < 1.29 is 19.1 Å². The molecule has 4 heteroatoms. The number of carbonyl (C=O) groups is 2. The molecule has 2 heterocycles. The zero-order valence-electron chi connectivity index (χ0n) is 17.3. The van der Waals surface area contributed by atoms with Crippen LogP contribution in [-0.2, 0) is 24.7 Å². The summed E-state index contributed by atoms with van der Waals surface area (Å²) in [6, 6.07) is 19.9. The van der Waals surface area contributed by atoms with Gasteiger partial charge in [-0.15, -0.1) is 0 Å². The lowest BCUT2D eigenvalue weighted by molar-refractivity contribution is -0.255. The first kappa shape index (κ1) is 19.6. The van der Waals surface area contributed by atoms with E-state index in [-0.39, 0.29) is 11.6 Å².